The lowest BCUT2D eigenvalue weighted by molar-refractivity contribution is 0.269. The highest BCUT2D eigenvalue weighted by molar-refractivity contribution is 7.82. The van der Waals surface area contributed by atoms with E-state index in [1.54, 1.807) is 0 Å². The molecule has 0 aromatic carbocycles. The summed E-state index contributed by atoms with van der Waals surface area (Å²) in [5.74, 6) is 0.624. The zero-order valence-electron chi connectivity index (χ0n) is 7.18. The highest BCUT2D eigenvalue weighted by Gasteiger charge is 2.19. The van der Waals surface area contributed by atoms with Crippen LogP contribution in [-0.4, -0.2) is 22.3 Å². The van der Waals surface area contributed by atoms with E-state index in [1.165, 1.54) is 0 Å². The average molecular weight is 185 g/mol. The number of nitrogens with one attached hydrogen (secondary N) is 1. The largest absolute Gasteiger partial charge is 0.396 e. The zero-order chi connectivity index (χ0) is 8.97. The Hall–Kier alpha value is -0.280. The van der Waals surface area contributed by atoms with E-state index in [1.807, 2.05) is 0 Å². The molecule has 0 spiro atoms. The molecule has 12 heavy (non-hydrogen) atoms. The Morgan fingerprint density at radius 3 is 2.92 bits per heavy atom. The number of aliphatic hydroxyl groups excluding tert-OH is 1. The monoisotopic (exact) mass is 185 g/mol. The molecule has 0 radical (unpaired) electrons. The van der Waals surface area contributed by atoms with Gasteiger partial charge in [-0.05, 0) is 38.0 Å². The minimum atomic E-state index is 0.278. The Kier molecular flexibility index (Phi) is 3.82. The van der Waals surface area contributed by atoms with E-state index in [0.717, 1.165) is 37.0 Å². The summed E-state index contributed by atoms with van der Waals surface area (Å²) >= 11 is 5.07. The fraction of sp³-hybridized carbons (Fsp3) is 0.778. The van der Waals surface area contributed by atoms with E-state index in [0.29, 0.717) is 11.6 Å². The number of rotatable bonds is 3. The molecule has 1 fully saturated rings. The Balaban J connectivity index is 2.30. The van der Waals surface area contributed by atoms with Gasteiger partial charge < -0.3 is 10.5 Å². The Labute approximate surface area is 78.5 Å². The molecule has 0 heterocycles. The molecule has 1 saturated carbocycles. The molecule has 3 heteroatoms. The predicted octanol–water partition coefficient (Wildman–Crippen LogP) is 1.95. The fourth-order valence-electron chi connectivity index (χ4n) is 1.60. The van der Waals surface area contributed by atoms with Crippen molar-refractivity contribution in [3.8, 4) is 0 Å². The topological polar surface area (TPSA) is 44.1 Å². The molecule has 2 nitrogen and oxygen atoms in total. The molecule has 0 bridgehead atoms. The van der Waals surface area contributed by atoms with E-state index in [9.17, 15) is 0 Å². The molecular formula is C9H15NOS. The summed E-state index contributed by atoms with van der Waals surface area (Å²) in [6.45, 7) is 0.278. The first kappa shape index (κ1) is 9.81. The summed E-state index contributed by atoms with van der Waals surface area (Å²) in [6, 6.07) is 0. The summed E-state index contributed by atoms with van der Waals surface area (Å²) < 4.78 is 0. The Bertz CT molecular complexity index is 191. The summed E-state index contributed by atoms with van der Waals surface area (Å²) in [5.41, 5.74) is 0.658. The smallest absolute Gasteiger partial charge is 0.0453 e. The van der Waals surface area contributed by atoms with Gasteiger partial charge >= 0.3 is 0 Å². The number of hydrogen-bond acceptors (Lipinski definition) is 3. The maximum atomic E-state index is 8.64. The van der Waals surface area contributed by atoms with E-state index < -0.39 is 0 Å². The SMILES string of the molecule is N=C1CCC(CCCO)CC1=S. The van der Waals surface area contributed by atoms with Crippen LogP contribution in [-0.2, 0) is 0 Å². The van der Waals surface area contributed by atoms with Crippen LogP contribution in [0, 0.1) is 11.3 Å². The molecular weight excluding hydrogens is 170 g/mol. The molecule has 1 rings (SSSR count). The average Bonchev–Trinajstić information content (AvgIpc) is 2.07. The second-order valence-corrected chi connectivity index (χ2v) is 3.87. The molecule has 1 aliphatic carbocycles. The minimum absolute atomic E-state index is 0.278. The molecule has 2 N–H and O–H groups in total. The summed E-state index contributed by atoms with van der Waals surface area (Å²) in [4.78, 5) is 0.837. The second kappa shape index (κ2) is 4.67. The normalized spacial score (nSPS) is 24.6. The lowest BCUT2D eigenvalue weighted by atomic mass is 9.85. The quantitative estimate of drug-likeness (QED) is 0.660. The summed E-state index contributed by atoms with van der Waals surface area (Å²) in [7, 11) is 0. The second-order valence-electron chi connectivity index (χ2n) is 3.38. The molecule has 0 aromatic heterocycles. The van der Waals surface area contributed by atoms with E-state index in [4.69, 9.17) is 22.7 Å². The van der Waals surface area contributed by atoms with Crippen molar-refractivity contribution in [2.75, 3.05) is 6.61 Å². The first-order valence-corrected chi connectivity index (χ1v) is 4.86. The van der Waals surface area contributed by atoms with Gasteiger partial charge in [0, 0.05) is 17.2 Å². The Morgan fingerprint density at radius 2 is 2.33 bits per heavy atom. The summed E-state index contributed by atoms with van der Waals surface area (Å²) in [5, 5.41) is 16.1. The van der Waals surface area contributed by atoms with Gasteiger partial charge in [0.25, 0.3) is 0 Å². The van der Waals surface area contributed by atoms with Gasteiger partial charge in [-0.2, -0.15) is 0 Å². The number of thiocarbonyl (C=S) groups is 1. The third-order valence-corrected chi connectivity index (χ3v) is 2.80. The first-order valence-electron chi connectivity index (χ1n) is 4.45. The molecule has 0 aromatic rings. The van der Waals surface area contributed by atoms with Crippen LogP contribution in [0.1, 0.15) is 32.1 Å². The highest BCUT2D eigenvalue weighted by atomic mass is 32.1. The van der Waals surface area contributed by atoms with Gasteiger partial charge in [-0.1, -0.05) is 12.2 Å². The van der Waals surface area contributed by atoms with E-state index >= 15 is 0 Å². The third kappa shape index (κ3) is 2.64. The first-order chi connectivity index (χ1) is 5.74. The molecule has 1 unspecified atom stereocenters. The van der Waals surface area contributed by atoms with Gasteiger partial charge in [-0.15, -0.1) is 0 Å². The summed E-state index contributed by atoms with van der Waals surface area (Å²) in [6.07, 6.45) is 4.76. The fourth-order valence-corrected chi connectivity index (χ4v) is 1.94. The van der Waals surface area contributed by atoms with Crippen molar-refractivity contribution in [2.24, 2.45) is 5.92 Å². The maximum Gasteiger partial charge on any atom is 0.0453 e. The van der Waals surface area contributed by atoms with Crippen LogP contribution in [0.5, 0.6) is 0 Å². The zero-order valence-corrected chi connectivity index (χ0v) is 7.99. The van der Waals surface area contributed by atoms with Crippen LogP contribution in [0.4, 0.5) is 0 Å². The van der Waals surface area contributed by atoms with Crippen molar-refractivity contribution < 1.29 is 5.11 Å². The predicted molar refractivity (Wildman–Crippen MR) is 54.0 cm³/mol. The standard InChI is InChI=1S/C9H15NOS/c10-8-4-3-7(2-1-5-11)6-9(8)12/h7,10-11H,1-6H2. The van der Waals surface area contributed by atoms with E-state index in [2.05, 4.69) is 0 Å². The lowest BCUT2D eigenvalue weighted by Crippen LogP contribution is -2.22. The number of hydrogen-bond donors (Lipinski definition) is 2. The van der Waals surface area contributed by atoms with Gasteiger partial charge in [0.15, 0.2) is 0 Å². The number of aliphatic hydroxyl groups is 1. The van der Waals surface area contributed by atoms with Crippen molar-refractivity contribution in [3.05, 3.63) is 0 Å². The molecule has 1 aliphatic rings. The van der Waals surface area contributed by atoms with Gasteiger partial charge in [0.2, 0.25) is 0 Å². The molecule has 0 aliphatic heterocycles. The van der Waals surface area contributed by atoms with Crippen LogP contribution in [0.25, 0.3) is 0 Å². The van der Waals surface area contributed by atoms with Gasteiger partial charge in [-0.25, -0.2) is 0 Å². The van der Waals surface area contributed by atoms with Gasteiger partial charge in [-0.3, -0.25) is 0 Å². The van der Waals surface area contributed by atoms with Crippen molar-refractivity contribution in [1.82, 2.24) is 0 Å². The van der Waals surface area contributed by atoms with Crippen LogP contribution < -0.4 is 0 Å². The highest BCUT2D eigenvalue weighted by Crippen LogP contribution is 2.24. The van der Waals surface area contributed by atoms with E-state index in [-0.39, 0.29) is 6.61 Å². The minimum Gasteiger partial charge on any atom is -0.396 e. The van der Waals surface area contributed by atoms with Crippen molar-refractivity contribution in [1.29, 1.82) is 5.41 Å². The molecule has 68 valence electrons. The molecule has 0 saturated heterocycles. The lowest BCUT2D eigenvalue weighted by Gasteiger charge is -2.22. The van der Waals surface area contributed by atoms with Crippen molar-refractivity contribution >= 4 is 22.8 Å². The van der Waals surface area contributed by atoms with Crippen molar-refractivity contribution in [3.63, 3.8) is 0 Å². The van der Waals surface area contributed by atoms with Crippen molar-refractivity contribution in [2.45, 2.75) is 32.1 Å². The van der Waals surface area contributed by atoms with Crippen LogP contribution in [0.3, 0.4) is 0 Å². The van der Waals surface area contributed by atoms with Gasteiger partial charge in [0.1, 0.15) is 0 Å². The van der Waals surface area contributed by atoms with Gasteiger partial charge in [0.05, 0.1) is 0 Å². The molecule has 1 atom stereocenters. The van der Waals surface area contributed by atoms with Crippen LogP contribution in [0.2, 0.25) is 0 Å². The third-order valence-electron chi connectivity index (χ3n) is 2.38. The maximum absolute atomic E-state index is 8.64. The van der Waals surface area contributed by atoms with Crippen LogP contribution >= 0.6 is 12.2 Å². The Morgan fingerprint density at radius 1 is 1.58 bits per heavy atom. The van der Waals surface area contributed by atoms with Crippen LogP contribution in [0.15, 0.2) is 0 Å². The molecule has 0 amide bonds.